The lowest BCUT2D eigenvalue weighted by Crippen LogP contribution is -2.46. The normalized spacial score (nSPS) is 21.1. The monoisotopic (exact) mass is 289 g/mol. The third-order valence-corrected chi connectivity index (χ3v) is 4.92. The molecule has 1 fully saturated rings. The zero-order valence-corrected chi connectivity index (χ0v) is 13.3. The summed E-state index contributed by atoms with van der Waals surface area (Å²) >= 11 is 1.72. The second-order valence-electron chi connectivity index (χ2n) is 6.68. The molecule has 3 nitrogen and oxygen atoms in total. The van der Waals surface area contributed by atoms with Gasteiger partial charge in [-0.2, -0.15) is 0 Å². The summed E-state index contributed by atoms with van der Waals surface area (Å²) in [4.78, 5) is 6.89. The minimum atomic E-state index is 0.289. The van der Waals surface area contributed by atoms with Crippen LogP contribution in [0.2, 0.25) is 0 Å². The molecule has 3 rings (SSSR count). The number of rotatable bonds is 1. The fourth-order valence-electron chi connectivity index (χ4n) is 2.78. The van der Waals surface area contributed by atoms with Crippen molar-refractivity contribution in [3.05, 3.63) is 23.7 Å². The Morgan fingerprint density at radius 1 is 1.35 bits per heavy atom. The zero-order valence-electron chi connectivity index (χ0n) is 12.5. The first-order valence-electron chi connectivity index (χ1n) is 7.35. The minimum Gasteiger partial charge on any atom is -0.370 e. The van der Waals surface area contributed by atoms with E-state index in [2.05, 4.69) is 54.2 Å². The molecule has 0 radical (unpaired) electrons. The summed E-state index contributed by atoms with van der Waals surface area (Å²) in [6, 6.07) is 7.18. The van der Waals surface area contributed by atoms with E-state index in [0.717, 1.165) is 25.2 Å². The van der Waals surface area contributed by atoms with Gasteiger partial charge in [-0.25, -0.2) is 4.98 Å². The Morgan fingerprint density at radius 3 is 3.00 bits per heavy atom. The van der Waals surface area contributed by atoms with Crippen molar-refractivity contribution in [2.45, 2.75) is 33.2 Å². The summed E-state index contributed by atoms with van der Waals surface area (Å²) in [6.45, 7) is 10.3. The highest BCUT2D eigenvalue weighted by Gasteiger charge is 2.28. The first-order chi connectivity index (χ1) is 9.54. The highest BCUT2D eigenvalue weighted by molar-refractivity contribution is 7.16. The lowest BCUT2D eigenvalue weighted by Gasteiger charge is -2.34. The van der Waals surface area contributed by atoms with E-state index in [-0.39, 0.29) is 5.41 Å². The van der Waals surface area contributed by atoms with Gasteiger partial charge < -0.3 is 10.2 Å². The largest absolute Gasteiger partial charge is 0.370 e. The van der Waals surface area contributed by atoms with Crippen LogP contribution in [0.5, 0.6) is 0 Å². The fraction of sp³-hybridized carbons (Fsp3) is 0.562. The molecule has 1 aliphatic rings. The molecule has 0 aliphatic carbocycles. The van der Waals surface area contributed by atoms with Crippen molar-refractivity contribution in [1.29, 1.82) is 0 Å². The summed E-state index contributed by atoms with van der Waals surface area (Å²) in [7, 11) is 0. The van der Waals surface area contributed by atoms with E-state index >= 15 is 0 Å². The number of nitrogens with zero attached hydrogens (tertiary/aromatic N) is 2. The summed E-state index contributed by atoms with van der Waals surface area (Å²) < 4.78 is 1.28. The quantitative estimate of drug-likeness (QED) is 0.871. The van der Waals surface area contributed by atoms with Gasteiger partial charge in [0.1, 0.15) is 0 Å². The number of anilines is 1. The van der Waals surface area contributed by atoms with Gasteiger partial charge in [-0.05, 0) is 36.6 Å². The van der Waals surface area contributed by atoms with Gasteiger partial charge in [0.15, 0.2) is 0 Å². The molecule has 2 heterocycles. The van der Waals surface area contributed by atoms with Gasteiger partial charge in [-0.3, -0.25) is 0 Å². The molecule has 1 aliphatic heterocycles. The van der Waals surface area contributed by atoms with E-state index in [1.807, 2.05) is 5.51 Å². The number of aromatic nitrogens is 1. The van der Waals surface area contributed by atoms with Gasteiger partial charge in [-0.1, -0.05) is 20.8 Å². The average Bonchev–Trinajstić information content (AvgIpc) is 2.70. The predicted octanol–water partition coefficient (Wildman–Crippen LogP) is 3.51. The molecule has 1 saturated heterocycles. The van der Waals surface area contributed by atoms with Crippen LogP contribution in [0.4, 0.5) is 5.69 Å². The average molecular weight is 289 g/mol. The van der Waals surface area contributed by atoms with Crippen molar-refractivity contribution in [2.75, 3.05) is 24.5 Å². The fourth-order valence-corrected chi connectivity index (χ4v) is 3.49. The van der Waals surface area contributed by atoms with Gasteiger partial charge in [0.2, 0.25) is 0 Å². The molecule has 1 N–H and O–H groups in total. The van der Waals surface area contributed by atoms with Crippen LogP contribution in [-0.4, -0.2) is 30.7 Å². The number of hydrogen-bond donors (Lipinski definition) is 1. The van der Waals surface area contributed by atoms with Gasteiger partial charge >= 0.3 is 0 Å². The Balaban J connectivity index is 1.87. The second-order valence-corrected chi connectivity index (χ2v) is 7.56. The van der Waals surface area contributed by atoms with E-state index in [1.165, 1.54) is 16.8 Å². The van der Waals surface area contributed by atoms with Crippen LogP contribution in [0.15, 0.2) is 23.7 Å². The highest BCUT2D eigenvalue weighted by Crippen LogP contribution is 2.28. The molecule has 0 bridgehead atoms. The van der Waals surface area contributed by atoms with Crippen molar-refractivity contribution in [3.63, 3.8) is 0 Å². The van der Waals surface area contributed by atoms with Crippen molar-refractivity contribution in [3.8, 4) is 0 Å². The van der Waals surface area contributed by atoms with Crippen molar-refractivity contribution in [2.24, 2.45) is 5.41 Å². The molecule has 1 aromatic heterocycles. The molecule has 1 unspecified atom stereocenters. The van der Waals surface area contributed by atoms with Crippen LogP contribution < -0.4 is 10.2 Å². The highest BCUT2D eigenvalue weighted by atomic mass is 32.1. The van der Waals surface area contributed by atoms with Crippen LogP contribution in [0.3, 0.4) is 0 Å². The van der Waals surface area contributed by atoms with Crippen molar-refractivity contribution in [1.82, 2.24) is 10.3 Å². The Bertz CT molecular complexity index is 585. The predicted molar refractivity (Wildman–Crippen MR) is 87.7 cm³/mol. The van der Waals surface area contributed by atoms with Gasteiger partial charge in [0.25, 0.3) is 0 Å². The van der Waals surface area contributed by atoms with Gasteiger partial charge in [0.05, 0.1) is 15.7 Å². The van der Waals surface area contributed by atoms with Gasteiger partial charge in [0, 0.05) is 24.8 Å². The maximum atomic E-state index is 4.37. The molecular weight excluding hydrogens is 266 g/mol. The Kier molecular flexibility index (Phi) is 3.69. The zero-order chi connectivity index (χ0) is 14.2. The summed E-state index contributed by atoms with van der Waals surface area (Å²) in [6.07, 6.45) is 1.20. The van der Waals surface area contributed by atoms with Crippen LogP contribution in [0, 0.1) is 5.41 Å². The van der Waals surface area contributed by atoms with Crippen LogP contribution in [0.25, 0.3) is 10.2 Å². The first kappa shape index (κ1) is 13.8. The lowest BCUT2D eigenvalue weighted by molar-refractivity contribution is 0.280. The second kappa shape index (κ2) is 5.34. The smallest absolute Gasteiger partial charge is 0.0813 e. The molecule has 108 valence electrons. The molecule has 0 amide bonds. The lowest BCUT2D eigenvalue weighted by atomic mass is 9.86. The standard InChI is InChI=1S/C16H23N3S/c1-16(2,3)15-10-19(8-4-7-17-15)12-5-6-13-14(9-12)20-11-18-13/h5-6,9,11,15,17H,4,7-8,10H2,1-3H3. The number of fused-ring (bicyclic) bond motifs is 1. The van der Waals surface area contributed by atoms with Crippen LogP contribution in [-0.2, 0) is 0 Å². The summed E-state index contributed by atoms with van der Waals surface area (Å²) in [5.41, 5.74) is 4.66. The molecule has 0 saturated carbocycles. The summed E-state index contributed by atoms with van der Waals surface area (Å²) in [5, 5.41) is 3.70. The molecular formula is C16H23N3S. The van der Waals surface area contributed by atoms with E-state index in [4.69, 9.17) is 0 Å². The molecule has 2 aromatic rings. The van der Waals surface area contributed by atoms with Crippen molar-refractivity contribution >= 4 is 27.2 Å². The molecule has 1 atom stereocenters. The van der Waals surface area contributed by atoms with E-state index in [0.29, 0.717) is 6.04 Å². The Morgan fingerprint density at radius 2 is 2.20 bits per heavy atom. The molecule has 20 heavy (non-hydrogen) atoms. The molecule has 1 aromatic carbocycles. The number of benzene rings is 1. The SMILES string of the molecule is CC(C)(C)C1CN(c2ccc3ncsc3c2)CCCN1. The summed E-state index contributed by atoms with van der Waals surface area (Å²) in [5.74, 6) is 0. The van der Waals surface area contributed by atoms with Gasteiger partial charge in [-0.15, -0.1) is 11.3 Å². The maximum absolute atomic E-state index is 4.37. The van der Waals surface area contributed by atoms with Crippen LogP contribution in [0.1, 0.15) is 27.2 Å². The minimum absolute atomic E-state index is 0.289. The maximum Gasteiger partial charge on any atom is 0.0813 e. The topological polar surface area (TPSA) is 28.2 Å². The number of hydrogen-bond acceptors (Lipinski definition) is 4. The number of thiazole rings is 1. The van der Waals surface area contributed by atoms with E-state index in [1.54, 1.807) is 11.3 Å². The Labute approximate surface area is 125 Å². The third kappa shape index (κ3) is 2.81. The Hall–Kier alpha value is -1.13. The van der Waals surface area contributed by atoms with Crippen molar-refractivity contribution < 1.29 is 0 Å². The number of nitrogens with one attached hydrogen (secondary N) is 1. The van der Waals surface area contributed by atoms with E-state index < -0.39 is 0 Å². The molecule has 4 heteroatoms. The first-order valence-corrected chi connectivity index (χ1v) is 8.23. The van der Waals surface area contributed by atoms with Crippen LogP contribution >= 0.6 is 11.3 Å². The third-order valence-electron chi connectivity index (χ3n) is 4.12. The van der Waals surface area contributed by atoms with E-state index in [9.17, 15) is 0 Å². The molecule has 0 spiro atoms.